The zero-order valence-electron chi connectivity index (χ0n) is 23.8. The number of hydrogen-bond donors (Lipinski definition) is 2. The molecule has 0 bridgehead atoms. The van der Waals surface area contributed by atoms with Crippen LogP contribution in [-0.2, 0) is 22.3 Å². The van der Waals surface area contributed by atoms with Gasteiger partial charge >= 0.3 is 6.18 Å². The van der Waals surface area contributed by atoms with E-state index in [1.165, 1.54) is 6.07 Å². The first-order valence-corrected chi connectivity index (χ1v) is 13.9. The lowest BCUT2D eigenvalue weighted by Gasteiger charge is -2.33. The van der Waals surface area contributed by atoms with Crippen LogP contribution in [0.3, 0.4) is 0 Å². The Labute approximate surface area is 248 Å². The monoisotopic (exact) mass is 594 g/mol. The number of carbonyl (C=O) groups is 1. The Bertz CT molecular complexity index is 1500. The molecule has 1 fully saturated rings. The van der Waals surface area contributed by atoms with Crippen molar-refractivity contribution >= 4 is 28.8 Å². The van der Waals surface area contributed by atoms with Crippen LogP contribution in [0.2, 0.25) is 0 Å². The number of hydrogen-bond acceptors (Lipinski definition) is 8. The highest BCUT2D eigenvalue weighted by atomic mass is 19.4. The van der Waals surface area contributed by atoms with Gasteiger partial charge in [0.2, 0.25) is 17.7 Å². The van der Waals surface area contributed by atoms with E-state index in [1.54, 1.807) is 36.5 Å². The molecule has 5 rings (SSSR count). The average molecular weight is 595 g/mol. The summed E-state index contributed by atoms with van der Waals surface area (Å²) in [6, 6.07) is 11.0. The van der Waals surface area contributed by atoms with Crippen LogP contribution in [0.15, 0.2) is 67.4 Å². The molecule has 0 radical (unpaired) electrons. The highest BCUT2D eigenvalue weighted by Crippen LogP contribution is 2.36. The normalized spacial score (nSPS) is 16.3. The van der Waals surface area contributed by atoms with Gasteiger partial charge in [-0.05, 0) is 54.9 Å². The minimum Gasteiger partial charge on any atom is -0.438 e. The van der Waals surface area contributed by atoms with E-state index in [0.717, 1.165) is 30.8 Å². The molecule has 226 valence electrons. The number of piperazine rings is 1. The maximum Gasteiger partial charge on any atom is 0.416 e. The number of benzene rings is 2. The van der Waals surface area contributed by atoms with Gasteiger partial charge in [-0.2, -0.15) is 18.2 Å². The second-order valence-electron chi connectivity index (χ2n) is 10.4. The Kier molecular flexibility index (Phi) is 9.39. The van der Waals surface area contributed by atoms with E-state index in [1.807, 2.05) is 18.0 Å². The number of nitrogens with one attached hydrogen (secondary N) is 2. The van der Waals surface area contributed by atoms with Crippen LogP contribution in [0.5, 0.6) is 11.6 Å². The molecule has 1 amide bonds. The Balaban J connectivity index is 1.42. The second kappa shape index (κ2) is 13.4. The lowest BCUT2D eigenvalue weighted by atomic mass is 10.0. The zero-order chi connectivity index (χ0) is 30.4. The molecule has 2 aromatic carbocycles. The topological polar surface area (TPSA) is 91.8 Å². The fourth-order valence-electron chi connectivity index (χ4n) is 4.87. The third kappa shape index (κ3) is 7.98. The van der Waals surface area contributed by atoms with E-state index in [0.29, 0.717) is 49.7 Å². The van der Waals surface area contributed by atoms with E-state index in [-0.39, 0.29) is 35.5 Å². The average Bonchev–Trinajstić information content (AvgIpc) is 2.99. The number of likely N-dealkylation sites (N-methyl/N-ethyl adjacent to an activating group) is 1. The number of carbonyl (C=O) groups excluding carboxylic acids is 1. The van der Waals surface area contributed by atoms with E-state index < -0.39 is 11.7 Å². The van der Waals surface area contributed by atoms with Crippen molar-refractivity contribution in [3.8, 4) is 11.6 Å². The summed E-state index contributed by atoms with van der Waals surface area (Å²) in [7, 11) is 2.01. The van der Waals surface area contributed by atoms with Gasteiger partial charge in [-0.15, -0.1) is 0 Å². The summed E-state index contributed by atoms with van der Waals surface area (Å²) in [4.78, 5) is 24.9. The minimum atomic E-state index is -4.53. The lowest BCUT2D eigenvalue weighted by Crippen LogP contribution is -2.44. The van der Waals surface area contributed by atoms with Gasteiger partial charge in [-0.25, -0.2) is 4.98 Å². The molecule has 1 aromatic heterocycles. The molecule has 0 atom stereocenters. The first-order valence-electron chi connectivity index (χ1n) is 13.9. The van der Waals surface area contributed by atoms with Crippen molar-refractivity contribution in [2.75, 3.05) is 57.1 Å². The summed E-state index contributed by atoms with van der Waals surface area (Å²) in [5.41, 5.74) is 1.78. The SMILES string of the molecule is C=CC(=O)Nc1cccc(Oc2nc(Nc3ccc(CN4CCN(C)CC4)c(C(F)(F)F)c3)ncc2C2=CCOCC2)c1. The number of anilines is 3. The van der Waals surface area contributed by atoms with Crippen molar-refractivity contribution < 1.29 is 27.4 Å². The molecule has 2 aliphatic heterocycles. The number of amides is 1. The largest absolute Gasteiger partial charge is 0.438 e. The Morgan fingerprint density at radius 1 is 1.14 bits per heavy atom. The predicted octanol–water partition coefficient (Wildman–Crippen LogP) is 5.71. The highest BCUT2D eigenvalue weighted by Gasteiger charge is 2.34. The lowest BCUT2D eigenvalue weighted by molar-refractivity contribution is -0.138. The van der Waals surface area contributed by atoms with Crippen molar-refractivity contribution in [1.29, 1.82) is 0 Å². The summed E-state index contributed by atoms with van der Waals surface area (Å²) >= 11 is 0. The molecule has 9 nitrogen and oxygen atoms in total. The van der Waals surface area contributed by atoms with Gasteiger partial charge in [-0.1, -0.05) is 24.8 Å². The van der Waals surface area contributed by atoms with Gasteiger partial charge in [0.1, 0.15) is 5.75 Å². The Morgan fingerprint density at radius 2 is 1.95 bits per heavy atom. The molecule has 0 spiro atoms. The molecular formula is C31H33F3N6O3. The molecule has 3 heterocycles. The summed E-state index contributed by atoms with van der Waals surface area (Å²) < 4.78 is 54.0. The van der Waals surface area contributed by atoms with Gasteiger partial charge < -0.3 is 25.0 Å². The molecule has 0 unspecified atom stereocenters. The van der Waals surface area contributed by atoms with E-state index in [4.69, 9.17) is 9.47 Å². The number of rotatable bonds is 9. The number of nitrogens with zero attached hydrogens (tertiary/aromatic N) is 4. The molecule has 0 saturated carbocycles. The maximum absolute atomic E-state index is 14.1. The third-order valence-corrected chi connectivity index (χ3v) is 7.23. The number of aromatic nitrogens is 2. The molecule has 0 aliphatic carbocycles. The van der Waals surface area contributed by atoms with Crippen LogP contribution >= 0.6 is 0 Å². The minimum absolute atomic E-state index is 0.0717. The molecule has 43 heavy (non-hydrogen) atoms. The molecule has 12 heteroatoms. The van der Waals surface area contributed by atoms with Gasteiger partial charge in [-0.3, -0.25) is 9.69 Å². The van der Waals surface area contributed by atoms with Crippen LogP contribution < -0.4 is 15.4 Å². The van der Waals surface area contributed by atoms with Crippen LogP contribution in [-0.4, -0.2) is 72.1 Å². The van der Waals surface area contributed by atoms with E-state index in [9.17, 15) is 18.0 Å². The second-order valence-corrected chi connectivity index (χ2v) is 10.4. The Hall–Kier alpha value is -4.26. The zero-order valence-corrected chi connectivity index (χ0v) is 23.8. The molecule has 1 saturated heterocycles. The van der Waals surface area contributed by atoms with Crippen LogP contribution in [0.4, 0.5) is 30.5 Å². The van der Waals surface area contributed by atoms with Gasteiger partial charge in [0.15, 0.2) is 0 Å². The van der Waals surface area contributed by atoms with Crippen LogP contribution in [0.1, 0.15) is 23.1 Å². The fourth-order valence-corrected chi connectivity index (χ4v) is 4.87. The molecule has 2 N–H and O–H groups in total. The molecule has 3 aromatic rings. The number of ether oxygens (including phenoxy) is 2. The maximum atomic E-state index is 14.1. The van der Waals surface area contributed by atoms with Gasteiger partial charge in [0, 0.05) is 56.4 Å². The van der Waals surface area contributed by atoms with Crippen molar-refractivity contribution in [3.63, 3.8) is 0 Å². The molecular weight excluding hydrogens is 561 g/mol. The fraction of sp³-hybridized carbons (Fsp3) is 0.323. The summed E-state index contributed by atoms with van der Waals surface area (Å²) in [5, 5.41) is 5.60. The van der Waals surface area contributed by atoms with Gasteiger partial charge in [0.25, 0.3) is 0 Å². The summed E-state index contributed by atoms with van der Waals surface area (Å²) in [6.07, 6.45) is 0.746. The highest BCUT2D eigenvalue weighted by molar-refractivity contribution is 5.98. The van der Waals surface area contributed by atoms with E-state index >= 15 is 0 Å². The van der Waals surface area contributed by atoms with Crippen LogP contribution in [0, 0.1) is 0 Å². The van der Waals surface area contributed by atoms with Crippen molar-refractivity contribution in [2.45, 2.75) is 19.1 Å². The van der Waals surface area contributed by atoms with Crippen molar-refractivity contribution in [2.24, 2.45) is 0 Å². The summed E-state index contributed by atoms with van der Waals surface area (Å²) in [5.74, 6) is 0.308. The summed E-state index contributed by atoms with van der Waals surface area (Å²) in [6.45, 7) is 7.68. The molecule has 2 aliphatic rings. The van der Waals surface area contributed by atoms with Crippen molar-refractivity contribution in [3.05, 3.63) is 84.1 Å². The first-order chi connectivity index (χ1) is 20.7. The van der Waals surface area contributed by atoms with E-state index in [2.05, 4.69) is 32.1 Å². The Morgan fingerprint density at radius 3 is 2.67 bits per heavy atom. The number of halogens is 3. The van der Waals surface area contributed by atoms with Gasteiger partial charge in [0.05, 0.1) is 24.3 Å². The third-order valence-electron chi connectivity index (χ3n) is 7.23. The van der Waals surface area contributed by atoms with Crippen LogP contribution in [0.25, 0.3) is 5.57 Å². The standard InChI is InChI=1S/C31H33F3N6O3/c1-3-28(41)36-23-5-4-6-25(17-23)43-29-26(21-9-15-42-16-10-21)19-35-30(38-29)37-24-8-7-22(27(18-24)31(32,33)34)20-40-13-11-39(2)12-14-40/h3-9,17-19H,1,10-16,20H2,2H3,(H,36,41)(H,35,37,38). The number of alkyl halides is 3. The smallest absolute Gasteiger partial charge is 0.416 e. The quantitative estimate of drug-likeness (QED) is 0.305. The first kappa shape index (κ1) is 30.2. The predicted molar refractivity (Wildman–Crippen MR) is 158 cm³/mol. The van der Waals surface area contributed by atoms with Crippen molar-refractivity contribution in [1.82, 2.24) is 19.8 Å².